The summed E-state index contributed by atoms with van der Waals surface area (Å²) < 4.78 is 5.27. The van der Waals surface area contributed by atoms with Crippen LogP contribution in [0, 0.1) is 0 Å². The van der Waals surface area contributed by atoms with E-state index in [2.05, 4.69) is 34.3 Å². The summed E-state index contributed by atoms with van der Waals surface area (Å²) >= 11 is 1.65. The van der Waals surface area contributed by atoms with Crippen LogP contribution in [0.25, 0.3) is 0 Å². The summed E-state index contributed by atoms with van der Waals surface area (Å²) in [6, 6.07) is 9.88. The zero-order chi connectivity index (χ0) is 19.3. The van der Waals surface area contributed by atoms with Crippen molar-refractivity contribution in [1.82, 2.24) is 9.88 Å². The van der Waals surface area contributed by atoms with Crippen molar-refractivity contribution in [3.05, 3.63) is 70.8 Å². The van der Waals surface area contributed by atoms with Gasteiger partial charge in [0.25, 0.3) is 5.91 Å². The van der Waals surface area contributed by atoms with Gasteiger partial charge in [-0.15, -0.1) is 11.3 Å². The van der Waals surface area contributed by atoms with Crippen LogP contribution in [-0.4, -0.2) is 28.9 Å². The second-order valence-electron chi connectivity index (χ2n) is 7.07. The molecule has 6 heteroatoms. The molecule has 1 aliphatic heterocycles. The van der Waals surface area contributed by atoms with Crippen LogP contribution in [-0.2, 0) is 6.42 Å². The largest absolute Gasteiger partial charge is 0.459 e. The number of thiophene rings is 1. The van der Waals surface area contributed by atoms with Gasteiger partial charge in [0.2, 0.25) is 0 Å². The van der Waals surface area contributed by atoms with E-state index >= 15 is 0 Å². The smallest absolute Gasteiger partial charge is 0.291 e. The first-order valence-electron chi connectivity index (χ1n) is 9.87. The fourth-order valence-electron chi connectivity index (χ4n) is 3.81. The number of aryl methyl sites for hydroxylation is 1. The Hall–Kier alpha value is -2.44. The van der Waals surface area contributed by atoms with Crippen LogP contribution in [0.2, 0.25) is 0 Å². The number of furan rings is 1. The lowest BCUT2D eigenvalue weighted by atomic mass is 9.97. The number of hydrogen-bond acceptors (Lipinski definition) is 5. The van der Waals surface area contributed by atoms with Gasteiger partial charge >= 0.3 is 0 Å². The van der Waals surface area contributed by atoms with Crippen LogP contribution < -0.4 is 5.32 Å². The summed E-state index contributed by atoms with van der Waals surface area (Å²) in [4.78, 5) is 20.8. The molecule has 1 N–H and O–H groups in total. The quantitative estimate of drug-likeness (QED) is 0.629. The molecule has 146 valence electrons. The molecule has 4 rings (SSSR count). The average molecular weight is 396 g/mol. The Morgan fingerprint density at radius 2 is 2.14 bits per heavy atom. The van der Waals surface area contributed by atoms with E-state index in [1.165, 1.54) is 36.0 Å². The number of anilines is 1. The number of nitrogens with zero attached hydrogens (tertiary/aromatic N) is 2. The van der Waals surface area contributed by atoms with Crippen molar-refractivity contribution >= 4 is 22.2 Å². The molecule has 0 radical (unpaired) electrons. The number of amides is 1. The predicted molar refractivity (Wildman–Crippen MR) is 112 cm³/mol. The van der Waals surface area contributed by atoms with Crippen molar-refractivity contribution in [1.29, 1.82) is 0 Å². The van der Waals surface area contributed by atoms with Crippen molar-refractivity contribution in [2.45, 2.75) is 38.6 Å². The molecule has 1 amide bonds. The normalized spacial score (nSPS) is 16.0. The van der Waals surface area contributed by atoms with Crippen LogP contribution in [0.4, 0.5) is 5.00 Å². The number of pyridine rings is 1. The lowest BCUT2D eigenvalue weighted by Crippen LogP contribution is -2.34. The van der Waals surface area contributed by atoms with E-state index in [0.29, 0.717) is 5.76 Å². The van der Waals surface area contributed by atoms with E-state index < -0.39 is 0 Å². The second kappa shape index (κ2) is 8.71. The highest BCUT2D eigenvalue weighted by atomic mass is 32.1. The molecule has 1 saturated heterocycles. The first-order valence-corrected chi connectivity index (χ1v) is 10.7. The minimum atomic E-state index is -0.209. The monoisotopic (exact) mass is 395 g/mol. The third-order valence-corrected chi connectivity index (χ3v) is 6.39. The van der Waals surface area contributed by atoms with Crippen molar-refractivity contribution in [2.24, 2.45) is 0 Å². The molecule has 4 heterocycles. The minimum Gasteiger partial charge on any atom is -0.459 e. The third-order valence-electron chi connectivity index (χ3n) is 5.18. The van der Waals surface area contributed by atoms with Crippen LogP contribution in [0.5, 0.6) is 0 Å². The number of nitrogens with one attached hydrogen (secondary N) is 1. The fourth-order valence-corrected chi connectivity index (χ4v) is 4.83. The highest BCUT2D eigenvalue weighted by molar-refractivity contribution is 7.16. The second-order valence-corrected chi connectivity index (χ2v) is 8.20. The van der Waals surface area contributed by atoms with E-state index in [1.807, 2.05) is 12.3 Å². The van der Waals surface area contributed by atoms with Crippen molar-refractivity contribution in [3.63, 3.8) is 0 Å². The topological polar surface area (TPSA) is 58.4 Å². The number of carbonyl (C=O) groups is 1. The maximum Gasteiger partial charge on any atom is 0.291 e. The molecule has 1 fully saturated rings. The Balaban J connectivity index is 1.72. The van der Waals surface area contributed by atoms with E-state index in [0.717, 1.165) is 30.1 Å². The fraction of sp³-hybridized carbons (Fsp3) is 0.364. The number of hydrogen-bond donors (Lipinski definition) is 1. The van der Waals surface area contributed by atoms with Crippen LogP contribution in [0.15, 0.2) is 53.4 Å². The number of carbonyl (C=O) groups excluding carboxylic acids is 1. The van der Waals surface area contributed by atoms with E-state index in [1.54, 1.807) is 29.7 Å². The summed E-state index contributed by atoms with van der Waals surface area (Å²) in [5, 5.41) is 4.00. The predicted octanol–water partition coefficient (Wildman–Crippen LogP) is 5.13. The zero-order valence-corrected chi connectivity index (χ0v) is 16.9. The first-order chi connectivity index (χ1) is 13.8. The van der Waals surface area contributed by atoms with Gasteiger partial charge in [0.1, 0.15) is 5.00 Å². The molecular weight excluding hydrogens is 370 g/mol. The van der Waals surface area contributed by atoms with Crippen LogP contribution in [0.1, 0.15) is 58.8 Å². The summed E-state index contributed by atoms with van der Waals surface area (Å²) in [5.41, 5.74) is 2.31. The molecule has 0 saturated carbocycles. The Bertz CT molecular complexity index is 899. The highest BCUT2D eigenvalue weighted by Crippen LogP contribution is 2.40. The van der Waals surface area contributed by atoms with Gasteiger partial charge in [0.05, 0.1) is 12.3 Å². The van der Waals surface area contributed by atoms with Crippen molar-refractivity contribution < 1.29 is 9.21 Å². The summed E-state index contributed by atoms with van der Waals surface area (Å²) in [5.74, 6) is 0.118. The molecule has 0 aromatic carbocycles. The summed E-state index contributed by atoms with van der Waals surface area (Å²) in [7, 11) is 0. The molecule has 3 aromatic heterocycles. The SMILES string of the molecule is CCc1cc([C@H](c2cccnc2)N2CCCCC2)c(NC(=O)c2ccco2)s1. The molecule has 1 aliphatic rings. The van der Waals surface area contributed by atoms with Gasteiger partial charge in [-0.3, -0.25) is 14.7 Å². The lowest BCUT2D eigenvalue weighted by molar-refractivity contribution is 0.0996. The molecule has 5 nitrogen and oxygen atoms in total. The lowest BCUT2D eigenvalue weighted by Gasteiger charge is -2.35. The Morgan fingerprint density at radius 1 is 1.29 bits per heavy atom. The number of rotatable bonds is 6. The number of likely N-dealkylation sites (tertiary alicyclic amines) is 1. The molecular formula is C22H25N3O2S. The number of piperidine rings is 1. The van der Waals surface area contributed by atoms with Gasteiger partial charge in [-0.1, -0.05) is 19.4 Å². The van der Waals surface area contributed by atoms with Gasteiger partial charge in [-0.05, 0) is 62.2 Å². The van der Waals surface area contributed by atoms with Gasteiger partial charge in [-0.2, -0.15) is 0 Å². The van der Waals surface area contributed by atoms with E-state index in [9.17, 15) is 4.79 Å². The molecule has 0 spiro atoms. The standard InChI is InChI=1S/C22H25N3O2S/c1-2-17-14-18(22(28-17)24-21(26)19-9-7-13-27-19)20(16-8-6-10-23-15-16)25-11-4-3-5-12-25/h6-10,13-15,20H,2-5,11-12H2,1H3,(H,24,26)/t20-/m0/s1. The van der Waals surface area contributed by atoms with E-state index in [4.69, 9.17) is 4.42 Å². The minimum absolute atomic E-state index is 0.0949. The Kier molecular flexibility index (Phi) is 5.88. The molecule has 1 atom stereocenters. The summed E-state index contributed by atoms with van der Waals surface area (Å²) in [6.45, 7) is 4.26. The van der Waals surface area contributed by atoms with Gasteiger partial charge in [0.15, 0.2) is 5.76 Å². The molecule has 0 aliphatic carbocycles. The van der Waals surface area contributed by atoms with Crippen LogP contribution >= 0.6 is 11.3 Å². The van der Waals surface area contributed by atoms with Gasteiger partial charge in [-0.25, -0.2) is 0 Å². The van der Waals surface area contributed by atoms with E-state index in [-0.39, 0.29) is 11.9 Å². The van der Waals surface area contributed by atoms with Gasteiger partial charge < -0.3 is 9.73 Å². The maximum atomic E-state index is 12.6. The maximum absolute atomic E-state index is 12.6. The summed E-state index contributed by atoms with van der Waals surface area (Å²) in [6.07, 6.45) is 9.90. The molecule has 3 aromatic rings. The highest BCUT2D eigenvalue weighted by Gasteiger charge is 2.28. The number of aromatic nitrogens is 1. The third kappa shape index (κ3) is 4.03. The average Bonchev–Trinajstić information content (AvgIpc) is 3.41. The first kappa shape index (κ1) is 18.9. The Morgan fingerprint density at radius 3 is 2.82 bits per heavy atom. The zero-order valence-electron chi connectivity index (χ0n) is 16.1. The van der Waals surface area contributed by atoms with Gasteiger partial charge in [0, 0.05) is 22.8 Å². The van der Waals surface area contributed by atoms with Crippen molar-refractivity contribution in [3.8, 4) is 0 Å². The van der Waals surface area contributed by atoms with Crippen molar-refractivity contribution in [2.75, 3.05) is 18.4 Å². The molecule has 0 bridgehead atoms. The van der Waals surface area contributed by atoms with Crippen LogP contribution in [0.3, 0.4) is 0 Å². The molecule has 0 unspecified atom stereocenters. The Labute approximate surface area is 169 Å². The molecule has 28 heavy (non-hydrogen) atoms.